The highest BCUT2D eigenvalue weighted by Gasteiger charge is 2.43. The SMILES string of the molecule is CC(C)(NC1CC2CC=CC21)c1ccc(Br)cc1. The van der Waals surface area contributed by atoms with Gasteiger partial charge in [0.25, 0.3) is 0 Å². The average Bonchev–Trinajstić information content (AvgIpc) is 2.68. The van der Waals surface area contributed by atoms with E-state index in [-0.39, 0.29) is 5.54 Å². The number of halogens is 1. The fraction of sp³-hybridized carbons (Fsp3) is 0.500. The summed E-state index contributed by atoms with van der Waals surface area (Å²) in [6.45, 7) is 4.56. The first-order valence-corrected chi connectivity index (χ1v) is 7.56. The molecule has 1 saturated carbocycles. The van der Waals surface area contributed by atoms with Crippen molar-refractivity contribution in [2.24, 2.45) is 11.8 Å². The largest absolute Gasteiger partial charge is 0.304 e. The molecule has 1 nitrogen and oxygen atoms in total. The van der Waals surface area contributed by atoms with Gasteiger partial charge in [-0.25, -0.2) is 0 Å². The second kappa shape index (κ2) is 4.50. The molecular weight excluding hydrogens is 286 g/mol. The lowest BCUT2D eigenvalue weighted by atomic mass is 9.70. The normalized spacial score (nSPS) is 30.1. The van der Waals surface area contributed by atoms with E-state index in [0.29, 0.717) is 6.04 Å². The van der Waals surface area contributed by atoms with Crippen molar-refractivity contribution in [1.82, 2.24) is 5.32 Å². The highest BCUT2D eigenvalue weighted by atomic mass is 79.9. The van der Waals surface area contributed by atoms with E-state index in [9.17, 15) is 0 Å². The Hall–Kier alpha value is -0.600. The van der Waals surface area contributed by atoms with Gasteiger partial charge in [0.2, 0.25) is 0 Å². The van der Waals surface area contributed by atoms with Crippen LogP contribution in [0.3, 0.4) is 0 Å². The molecule has 0 aromatic heterocycles. The van der Waals surface area contributed by atoms with E-state index in [1.165, 1.54) is 18.4 Å². The van der Waals surface area contributed by atoms with Crippen LogP contribution < -0.4 is 5.32 Å². The predicted molar refractivity (Wildman–Crippen MR) is 79.4 cm³/mol. The van der Waals surface area contributed by atoms with Crippen LogP contribution in [0.1, 0.15) is 32.3 Å². The summed E-state index contributed by atoms with van der Waals surface area (Å²) in [7, 11) is 0. The predicted octanol–water partition coefficient (Wildman–Crippen LogP) is 4.24. The number of hydrogen-bond donors (Lipinski definition) is 1. The minimum absolute atomic E-state index is 0.0484. The lowest BCUT2D eigenvalue weighted by molar-refractivity contribution is 0.129. The van der Waals surface area contributed by atoms with Gasteiger partial charge in [-0.05, 0) is 56.2 Å². The molecule has 2 heteroatoms. The molecule has 18 heavy (non-hydrogen) atoms. The van der Waals surface area contributed by atoms with E-state index >= 15 is 0 Å². The number of allylic oxidation sites excluding steroid dienone is 1. The zero-order valence-corrected chi connectivity index (χ0v) is 12.6. The van der Waals surface area contributed by atoms with E-state index in [1.807, 2.05) is 0 Å². The molecule has 1 N–H and O–H groups in total. The first kappa shape index (κ1) is 12.4. The van der Waals surface area contributed by atoms with Gasteiger partial charge in [-0.1, -0.05) is 40.2 Å². The summed E-state index contributed by atoms with van der Waals surface area (Å²) in [6.07, 6.45) is 7.38. The molecule has 96 valence electrons. The van der Waals surface area contributed by atoms with Crippen LogP contribution in [-0.4, -0.2) is 6.04 Å². The van der Waals surface area contributed by atoms with Gasteiger partial charge in [0.15, 0.2) is 0 Å². The summed E-state index contributed by atoms with van der Waals surface area (Å²) in [5, 5.41) is 3.83. The first-order valence-electron chi connectivity index (χ1n) is 6.77. The van der Waals surface area contributed by atoms with Gasteiger partial charge in [0.05, 0.1) is 0 Å². The molecule has 1 aromatic carbocycles. The van der Waals surface area contributed by atoms with Gasteiger partial charge in [0.1, 0.15) is 0 Å². The van der Waals surface area contributed by atoms with E-state index in [1.54, 1.807) is 0 Å². The van der Waals surface area contributed by atoms with Crippen LogP contribution in [0.25, 0.3) is 0 Å². The fourth-order valence-electron chi connectivity index (χ4n) is 3.30. The number of rotatable bonds is 3. The van der Waals surface area contributed by atoms with Crippen LogP contribution >= 0.6 is 15.9 Å². The quantitative estimate of drug-likeness (QED) is 0.824. The molecule has 0 bridgehead atoms. The molecule has 0 saturated heterocycles. The van der Waals surface area contributed by atoms with Crippen LogP contribution in [-0.2, 0) is 5.54 Å². The van der Waals surface area contributed by atoms with Crippen molar-refractivity contribution in [3.63, 3.8) is 0 Å². The molecule has 0 spiro atoms. The van der Waals surface area contributed by atoms with Crippen LogP contribution in [0.2, 0.25) is 0 Å². The highest BCUT2D eigenvalue weighted by molar-refractivity contribution is 9.10. The molecule has 0 radical (unpaired) electrons. The standard InChI is InChI=1S/C16H20BrN/c1-16(2,12-6-8-13(17)9-7-12)18-15-10-11-4-3-5-14(11)15/h3,5-9,11,14-15,18H,4,10H2,1-2H3. The molecule has 0 aliphatic heterocycles. The summed E-state index contributed by atoms with van der Waals surface area (Å²) in [4.78, 5) is 0. The van der Waals surface area contributed by atoms with Crippen molar-refractivity contribution >= 4 is 15.9 Å². The average molecular weight is 306 g/mol. The van der Waals surface area contributed by atoms with Crippen LogP contribution in [0.5, 0.6) is 0 Å². The highest BCUT2D eigenvalue weighted by Crippen LogP contribution is 2.44. The topological polar surface area (TPSA) is 12.0 Å². The van der Waals surface area contributed by atoms with E-state index in [4.69, 9.17) is 0 Å². The zero-order valence-electron chi connectivity index (χ0n) is 11.0. The van der Waals surface area contributed by atoms with Crippen LogP contribution in [0.15, 0.2) is 40.9 Å². The Morgan fingerprint density at radius 2 is 1.94 bits per heavy atom. The molecular formula is C16H20BrN. The Balaban J connectivity index is 1.71. The summed E-state index contributed by atoms with van der Waals surface area (Å²) >= 11 is 3.50. The lowest BCUT2D eigenvalue weighted by Gasteiger charge is -2.45. The van der Waals surface area contributed by atoms with Crippen molar-refractivity contribution in [3.8, 4) is 0 Å². The summed E-state index contributed by atoms with van der Waals surface area (Å²) in [5.41, 5.74) is 1.41. The fourth-order valence-corrected chi connectivity index (χ4v) is 3.56. The van der Waals surface area contributed by atoms with Crippen molar-refractivity contribution in [2.75, 3.05) is 0 Å². The minimum Gasteiger partial charge on any atom is -0.304 e. The van der Waals surface area contributed by atoms with Gasteiger partial charge in [-0.15, -0.1) is 0 Å². The van der Waals surface area contributed by atoms with Gasteiger partial charge >= 0.3 is 0 Å². The van der Waals surface area contributed by atoms with Crippen molar-refractivity contribution in [1.29, 1.82) is 0 Å². The minimum atomic E-state index is 0.0484. The van der Waals surface area contributed by atoms with E-state index in [0.717, 1.165) is 16.3 Å². The Labute approximate surface area is 118 Å². The maximum atomic E-state index is 3.83. The molecule has 3 rings (SSSR count). The summed E-state index contributed by atoms with van der Waals surface area (Å²) in [6, 6.07) is 9.32. The first-order chi connectivity index (χ1) is 8.56. The summed E-state index contributed by atoms with van der Waals surface area (Å²) in [5.74, 6) is 1.70. The van der Waals surface area contributed by atoms with Crippen molar-refractivity contribution in [2.45, 2.75) is 38.3 Å². The number of fused-ring (bicyclic) bond motifs is 1. The van der Waals surface area contributed by atoms with Crippen molar-refractivity contribution in [3.05, 3.63) is 46.5 Å². The van der Waals surface area contributed by atoms with Crippen molar-refractivity contribution < 1.29 is 0 Å². The lowest BCUT2D eigenvalue weighted by Crippen LogP contribution is -2.54. The molecule has 2 aliphatic carbocycles. The number of hydrogen-bond acceptors (Lipinski definition) is 1. The van der Waals surface area contributed by atoms with E-state index < -0.39 is 0 Å². The Bertz CT molecular complexity index is 460. The van der Waals surface area contributed by atoms with Crippen LogP contribution in [0.4, 0.5) is 0 Å². The van der Waals surface area contributed by atoms with Gasteiger partial charge in [0, 0.05) is 16.1 Å². The molecule has 3 unspecified atom stereocenters. The molecule has 0 amide bonds. The van der Waals surface area contributed by atoms with Gasteiger partial charge in [-0.3, -0.25) is 0 Å². The Morgan fingerprint density at radius 1 is 1.22 bits per heavy atom. The monoisotopic (exact) mass is 305 g/mol. The molecule has 3 atom stereocenters. The second-order valence-corrected chi connectivity index (χ2v) is 7.04. The molecule has 1 aromatic rings. The molecule has 0 heterocycles. The molecule has 1 fully saturated rings. The second-order valence-electron chi connectivity index (χ2n) is 6.12. The number of nitrogens with one attached hydrogen (secondary N) is 1. The third-order valence-corrected chi connectivity index (χ3v) is 5.00. The Morgan fingerprint density at radius 3 is 2.61 bits per heavy atom. The third kappa shape index (κ3) is 2.17. The maximum Gasteiger partial charge on any atom is 0.0379 e. The third-order valence-electron chi connectivity index (χ3n) is 4.47. The Kier molecular flexibility index (Phi) is 3.11. The van der Waals surface area contributed by atoms with Crippen LogP contribution in [0, 0.1) is 11.8 Å². The van der Waals surface area contributed by atoms with Gasteiger partial charge < -0.3 is 5.32 Å². The number of benzene rings is 1. The maximum absolute atomic E-state index is 3.83. The van der Waals surface area contributed by atoms with E-state index in [2.05, 4.69) is 71.5 Å². The summed E-state index contributed by atoms with van der Waals surface area (Å²) < 4.78 is 1.14. The zero-order chi connectivity index (χ0) is 12.8. The smallest absolute Gasteiger partial charge is 0.0379 e. The van der Waals surface area contributed by atoms with Gasteiger partial charge in [-0.2, -0.15) is 0 Å². The molecule has 2 aliphatic rings.